The molecule has 0 N–H and O–H groups in total. The van der Waals surface area contributed by atoms with E-state index in [0.717, 1.165) is 18.8 Å². The molecule has 1 aromatic carbocycles. The van der Waals surface area contributed by atoms with Gasteiger partial charge in [-0.25, -0.2) is 4.98 Å². The molecule has 0 unspecified atom stereocenters. The Bertz CT molecular complexity index is 525. The fraction of sp³-hybridized carbons (Fsp3) is 0.267. The molecular weight excluding hydrogens is 244 g/mol. The number of nitrogens with zero attached hydrogens (tertiary/aromatic N) is 2. The molecule has 18 heavy (non-hydrogen) atoms. The zero-order chi connectivity index (χ0) is 13.0. The van der Waals surface area contributed by atoms with Gasteiger partial charge in [0, 0.05) is 12.2 Å². The van der Waals surface area contributed by atoms with Crippen molar-refractivity contribution in [3.05, 3.63) is 58.9 Å². The maximum absolute atomic E-state index is 5.92. The predicted octanol–water partition coefficient (Wildman–Crippen LogP) is 4.07. The summed E-state index contributed by atoms with van der Waals surface area (Å²) < 4.78 is 0. The van der Waals surface area contributed by atoms with Crippen molar-refractivity contribution in [3.63, 3.8) is 0 Å². The summed E-state index contributed by atoms with van der Waals surface area (Å²) in [5.41, 5.74) is 3.52. The van der Waals surface area contributed by atoms with Crippen molar-refractivity contribution < 1.29 is 0 Å². The van der Waals surface area contributed by atoms with Crippen LogP contribution in [0, 0.1) is 6.92 Å². The van der Waals surface area contributed by atoms with Gasteiger partial charge in [0.1, 0.15) is 5.15 Å². The average molecular weight is 261 g/mol. The molecule has 0 bridgehead atoms. The molecule has 0 aliphatic heterocycles. The Balaban J connectivity index is 2.23. The molecule has 94 valence electrons. The highest BCUT2D eigenvalue weighted by Crippen LogP contribution is 2.21. The highest BCUT2D eigenvalue weighted by Gasteiger charge is 2.08. The molecule has 2 aromatic rings. The number of hydrogen-bond donors (Lipinski definition) is 0. The summed E-state index contributed by atoms with van der Waals surface area (Å²) in [5, 5.41) is 0.549. The van der Waals surface area contributed by atoms with Gasteiger partial charge in [-0.2, -0.15) is 0 Å². The molecule has 0 spiro atoms. The van der Waals surface area contributed by atoms with Gasteiger partial charge in [0.2, 0.25) is 0 Å². The molecule has 0 radical (unpaired) electrons. The van der Waals surface area contributed by atoms with E-state index in [9.17, 15) is 0 Å². The number of benzene rings is 1. The standard InChI is InChI=1S/C15H17ClN2/c1-3-18(14-9-5-4-7-12(14)2)11-13-8-6-10-15(16)17-13/h4-10H,3,11H2,1-2H3. The number of aryl methyl sites for hydroxylation is 1. The minimum absolute atomic E-state index is 0.549. The van der Waals surface area contributed by atoms with E-state index < -0.39 is 0 Å². The van der Waals surface area contributed by atoms with Gasteiger partial charge in [0.05, 0.1) is 12.2 Å². The molecule has 0 saturated carbocycles. The van der Waals surface area contributed by atoms with Crippen LogP contribution in [0.4, 0.5) is 5.69 Å². The summed E-state index contributed by atoms with van der Waals surface area (Å²) in [5.74, 6) is 0. The van der Waals surface area contributed by atoms with E-state index in [-0.39, 0.29) is 0 Å². The number of anilines is 1. The first-order valence-corrected chi connectivity index (χ1v) is 6.50. The Morgan fingerprint density at radius 2 is 1.89 bits per heavy atom. The van der Waals surface area contributed by atoms with Crippen molar-refractivity contribution in [1.82, 2.24) is 4.98 Å². The van der Waals surface area contributed by atoms with Crippen molar-refractivity contribution in [2.45, 2.75) is 20.4 Å². The van der Waals surface area contributed by atoms with Crippen LogP contribution in [0.3, 0.4) is 0 Å². The monoisotopic (exact) mass is 260 g/mol. The number of rotatable bonds is 4. The number of aromatic nitrogens is 1. The van der Waals surface area contributed by atoms with Crippen molar-refractivity contribution in [1.29, 1.82) is 0 Å². The first-order chi connectivity index (χ1) is 8.70. The SMILES string of the molecule is CCN(Cc1cccc(Cl)n1)c1ccccc1C. The number of pyridine rings is 1. The van der Waals surface area contributed by atoms with Crippen LogP contribution in [-0.4, -0.2) is 11.5 Å². The molecule has 1 heterocycles. The van der Waals surface area contributed by atoms with E-state index in [2.05, 4.69) is 48.0 Å². The van der Waals surface area contributed by atoms with Crippen LogP contribution in [0.15, 0.2) is 42.5 Å². The minimum Gasteiger partial charge on any atom is -0.366 e. The van der Waals surface area contributed by atoms with Crippen LogP contribution in [0.1, 0.15) is 18.2 Å². The summed E-state index contributed by atoms with van der Waals surface area (Å²) in [6.07, 6.45) is 0. The smallest absolute Gasteiger partial charge is 0.129 e. The molecular formula is C15H17ClN2. The van der Waals surface area contributed by atoms with Gasteiger partial charge in [-0.1, -0.05) is 35.9 Å². The molecule has 0 fully saturated rings. The van der Waals surface area contributed by atoms with Crippen LogP contribution in [0.5, 0.6) is 0 Å². The maximum atomic E-state index is 5.92. The second-order valence-corrected chi connectivity index (χ2v) is 4.64. The molecule has 2 rings (SSSR count). The number of halogens is 1. The topological polar surface area (TPSA) is 16.1 Å². The van der Waals surface area contributed by atoms with E-state index in [4.69, 9.17) is 11.6 Å². The highest BCUT2D eigenvalue weighted by molar-refractivity contribution is 6.29. The molecule has 0 atom stereocenters. The van der Waals surface area contributed by atoms with Gasteiger partial charge in [0.25, 0.3) is 0 Å². The fourth-order valence-electron chi connectivity index (χ4n) is 2.02. The second-order valence-electron chi connectivity index (χ2n) is 4.25. The van der Waals surface area contributed by atoms with E-state index in [1.165, 1.54) is 11.3 Å². The van der Waals surface area contributed by atoms with Gasteiger partial charge in [-0.3, -0.25) is 0 Å². The first-order valence-electron chi connectivity index (χ1n) is 6.12. The first kappa shape index (κ1) is 12.9. The number of hydrogen-bond acceptors (Lipinski definition) is 2. The second kappa shape index (κ2) is 5.87. The van der Waals surface area contributed by atoms with Crippen molar-refractivity contribution in [2.75, 3.05) is 11.4 Å². The van der Waals surface area contributed by atoms with Gasteiger partial charge in [-0.05, 0) is 37.6 Å². The fourth-order valence-corrected chi connectivity index (χ4v) is 2.20. The summed E-state index contributed by atoms with van der Waals surface area (Å²) >= 11 is 5.92. The lowest BCUT2D eigenvalue weighted by molar-refractivity contribution is 0.806. The Morgan fingerprint density at radius 3 is 2.56 bits per heavy atom. The van der Waals surface area contributed by atoms with E-state index >= 15 is 0 Å². The maximum Gasteiger partial charge on any atom is 0.129 e. The van der Waals surface area contributed by atoms with Gasteiger partial charge in [0.15, 0.2) is 0 Å². The summed E-state index contributed by atoms with van der Waals surface area (Å²) in [6.45, 7) is 6.00. The Morgan fingerprint density at radius 1 is 1.11 bits per heavy atom. The van der Waals surface area contributed by atoms with Crippen molar-refractivity contribution >= 4 is 17.3 Å². The quantitative estimate of drug-likeness (QED) is 0.771. The molecule has 0 aliphatic carbocycles. The summed E-state index contributed by atoms with van der Waals surface area (Å²) in [4.78, 5) is 6.64. The lowest BCUT2D eigenvalue weighted by atomic mass is 10.1. The number of para-hydroxylation sites is 1. The molecule has 0 aliphatic rings. The normalized spacial score (nSPS) is 10.4. The zero-order valence-corrected chi connectivity index (χ0v) is 11.5. The van der Waals surface area contributed by atoms with Crippen LogP contribution in [-0.2, 0) is 6.54 Å². The lowest BCUT2D eigenvalue weighted by Crippen LogP contribution is -2.23. The van der Waals surface area contributed by atoms with Gasteiger partial charge < -0.3 is 4.90 Å². The third-order valence-corrected chi connectivity index (χ3v) is 3.17. The van der Waals surface area contributed by atoms with Crippen LogP contribution in [0.25, 0.3) is 0 Å². The van der Waals surface area contributed by atoms with E-state index in [1.807, 2.05) is 12.1 Å². The van der Waals surface area contributed by atoms with Crippen LogP contribution >= 0.6 is 11.6 Å². The van der Waals surface area contributed by atoms with Crippen LogP contribution < -0.4 is 4.90 Å². The third-order valence-electron chi connectivity index (χ3n) is 2.96. The average Bonchev–Trinajstić information content (AvgIpc) is 2.37. The van der Waals surface area contributed by atoms with Gasteiger partial charge in [-0.15, -0.1) is 0 Å². The van der Waals surface area contributed by atoms with E-state index in [1.54, 1.807) is 6.07 Å². The van der Waals surface area contributed by atoms with Crippen molar-refractivity contribution in [2.24, 2.45) is 0 Å². The van der Waals surface area contributed by atoms with Crippen LogP contribution in [0.2, 0.25) is 5.15 Å². The molecule has 0 amide bonds. The Kier molecular flexibility index (Phi) is 4.21. The lowest BCUT2D eigenvalue weighted by Gasteiger charge is -2.24. The van der Waals surface area contributed by atoms with E-state index in [0.29, 0.717) is 5.15 Å². The molecule has 3 heteroatoms. The molecule has 0 saturated heterocycles. The molecule has 2 nitrogen and oxygen atoms in total. The summed E-state index contributed by atoms with van der Waals surface area (Å²) in [7, 11) is 0. The predicted molar refractivity (Wildman–Crippen MR) is 77.2 cm³/mol. The molecule has 1 aromatic heterocycles. The third kappa shape index (κ3) is 3.02. The van der Waals surface area contributed by atoms with Crippen molar-refractivity contribution in [3.8, 4) is 0 Å². The Labute approximate surface area is 113 Å². The van der Waals surface area contributed by atoms with Gasteiger partial charge >= 0.3 is 0 Å². The highest BCUT2D eigenvalue weighted by atomic mass is 35.5. The Hall–Kier alpha value is -1.54. The largest absolute Gasteiger partial charge is 0.366 e. The zero-order valence-electron chi connectivity index (χ0n) is 10.7. The summed E-state index contributed by atoms with van der Waals surface area (Å²) in [6, 6.07) is 14.1. The minimum atomic E-state index is 0.549.